The Morgan fingerprint density at radius 1 is 1.19 bits per heavy atom. The molecule has 1 fully saturated rings. The van der Waals surface area contributed by atoms with E-state index >= 15 is 0 Å². The second-order valence-electron chi connectivity index (χ2n) is 6.35. The number of nitrogens with two attached hydrogens (primary N) is 1. The van der Waals surface area contributed by atoms with Crippen LogP contribution in [0.4, 0.5) is 0 Å². The summed E-state index contributed by atoms with van der Waals surface area (Å²) in [4.78, 5) is 7.35. The first-order valence-electron chi connectivity index (χ1n) is 7.98. The van der Waals surface area contributed by atoms with Crippen LogP contribution < -0.4 is 5.73 Å². The van der Waals surface area contributed by atoms with Gasteiger partial charge in [0, 0.05) is 51.9 Å². The third kappa shape index (κ3) is 4.78. The molecule has 2 N–H and O–H groups in total. The lowest BCUT2D eigenvalue weighted by atomic mass is 10.0. The lowest BCUT2D eigenvalue weighted by Crippen LogP contribution is -2.50. The van der Waals surface area contributed by atoms with Crippen molar-refractivity contribution in [2.24, 2.45) is 5.73 Å². The summed E-state index contributed by atoms with van der Waals surface area (Å²) in [5.74, 6) is 0. The van der Waals surface area contributed by atoms with Crippen LogP contribution in [0.5, 0.6) is 0 Å². The van der Waals surface area contributed by atoms with E-state index in [1.165, 1.54) is 17.7 Å². The first kappa shape index (κ1) is 16.4. The van der Waals surface area contributed by atoms with Crippen LogP contribution in [0.3, 0.4) is 0 Å². The number of likely N-dealkylation sites (N-methyl/N-ethyl adjacent to an activating group) is 1. The molecule has 0 amide bonds. The van der Waals surface area contributed by atoms with Gasteiger partial charge in [0.2, 0.25) is 0 Å². The van der Waals surface area contributed by atoms with Crippen molar-refractivity contribution in [3.63, 3.8) is 0 Å². The average Bonchev–Trinajstić information content (AvgIpc) is 2.47. The van der Waals surface area contributed by atoms with Crippen LogP contribution in [0, 0.1) is 6.92 Å². The van der Waals surface area contributed by atoms with Crippen LogP contribution in [0.25, 0.3) is 0 Å². The number of hydrogen-bond donors (Lipinski definition) is 1. The van der Waals surface area contributed by atoms with Crippen molar-refractivity contribution in [2.75, 3.05) is 59.9 Å². The molecule has 1 aliphatic rings. The maximum absolute atomic E-state index is 6.06. The second-order valence-corrected chi connectivity index (χ2v) is 6.35. The maximum Gasteiger partial charge on any atom is 0.0471 e. The Hall–Kier alpha value is -0.940. The summed E-state index contributed by atoms with van der Waals surface area (Å²) < 4.78 is 0. The minimum atomic E-state index is 0.362. The molecule has 0 saturated carbocycles. The summed E-state index contributed by atoms with van der Waals surface area (Å²) in [6.07, 6.45) is 0. The molecule has 0 spiro atoms. The topological polar surface area (TPSA) is 35.7 Å². The van der Waals surface area contributed by atoms with Gasteiger partial charge in [0.15, 0.2) is 0 Å². The molecule has 118 valence electrons. The Morgan fingerprint density at radius 2 is 1.90 bits per heavy atom. The van der Waals surface area contributed by atoms with Gasteiger partial charge in [-0.2, -0.15) is 0 Å². The summed E-state index contributed by atoms with van der Waals surface area (Å²) in [6.45, 7) is 9.67. The Labute approximate surface area is 129 Å². The van der Waals surface area contributed by atoms with E-state index in [1.807, 2.05) is 0 Å². The van der Waals surface area contributed by atoms with Crippen molar-refractivity contribution in [2.45, 2.75) is 13.0 Å². The number of piperazine rings is 1. The number of benzene rings is 1. The van der Waals surface area contributed by atoms with Crippen LogP contribution in [-0.2, 0) is 0 Å². The lowest BCUT2D eigenvalue weighted by Gasteiger charge is -2.39. The first-order chi connectivity index (χ1) is 10.1. The van der Waals surface area contributed by atoms with Gasteiger partial charge in [0.1, 0.15) is 0 Å². The van der Waals surface area contributed by atoms with E-state index in [2.05, 4.69) is 60.0 Å². The molecule has 1 aromatic carbocycles. The monoisotopic (exact) mass is 290 g/mol. The average molecular weight is 290 g/mol. The molecule has 1 aliphatic heterocycles. The second kappa shape index (κ2) is 7.90. The van der Waals surface area contributed by atoms with Crippen LogP contribution >= 0.6 is 0 Å². The molecule has 21 heavy (non-hydrogen) atoms. The molecular weight excluding hydrogens is 260 g/mol. The molecule has 1 heterocycles. The molecule has 4 heteroatoms. The van der Waals surface area contributed by atoms with E-state index in [4.69, 9.17) is 5.73 Å². The molecule has 1 aromatic rings. The zero-order valence-corrected chi connectivity index (χ0v) is 13.8. The third-order valence-corrected chi connectivity index (χ3v) is 4.36. The van der Waals surface area contributed by atoms with Gasteiger partial charge >= 0.3 is 0 Å². The molecule has 1 atom stereocenters. The summed E-state index contributed by atoms with van der Waals surface area (Å²) in [5, 5.41) is 0. The van der Waals surface area contributed by atoms with Gasteiger partial charge in [-0.1, -0.05) is 29.8 Å². The van der Waals surface area contributed by atoms with Gasteiger partial charge in [0.25, 0.3) is 0 Å². The summed E-state index contributed by atoms with van der Waals surface area (Å²) >= 11 is 0. The standard InChI is InChI=1S/C17H30N4/c1-15-5-4-6-16(13-15)17(14-18)21-11-9-20(10-12-21)8-7-19(2)3/h4-6,13,17H,7-12,14,18H2,1-3H3. The summed E-state index contributed by atoms with van der Waals surface area (Å²) in [7, 11) is 4.27. The number of hydrogen-bond acceptors (Lipinski definition) is 4. The highest BCUT2D eigenvalue weighted by atomic mass is 15.3. The van der Waals surface area contributed by atoms with Gasteiger partial charge in [-0.05, 0) is 26.6 Å². The Bertz CT molecular complexity index is 425. The highest BCUT2D eigenvalue weighted by Crippen LogP contribution is 2.22. The van der Waals surface area contributed by atoms with Crippen LogP contribution in [0.1, 0.15) is 17.2 Å². The fourth-order valence-corrected chi connectivity index (χ4v) is 3.01. The van der Waals surface area contributed by atoms with E-state index < -0.39 is 0 Å². The summed E-state index contributed by atoms with van der Waals surface area (Å²) in [6, 6.07) is 9.14. The molecule has 0 aromatic heterocycles. The van der Waals surface area contributed by atoms with Gasteiger partial charge in [-0.15, -0.1) is 0 Å². The number of nitrogens with zero attached hydrogens (tertiary/aromatic N) is 3. The van der Waals surface area contributed by atoms with Gasteiger partial charge in [-0.25, -0.2) is 0 Å². The van der Waals surface area contributed by atoms with Crippen LogP contribution in [0.2, 0.25) is 0 Å². The van der Waals surface area contributed by atoms with E-state index in [0.717, 1.165) is 32.7 Å². The Kier molecular flexibility index (Phi) is 6.18. The molecule has 4 nitrogen and oxygen atoms in total. The van der Waals surface area contributed by atoms with E-state index in [1.54, 1.807) is 0 Å². The smallest absolute Gasteiger partial charge is 0.0471 e. The van der Waals surface area contributed by atoms with Crippen molar-refractivity contribution in [1.82, 2.24) is 14.7 Å². The number of aryl methyl sites for hydroxylation is 1. The Balaban J connectivity index is 1.90. The van der Waals surface area contributed by atoms with Crippen LogP contribution in [0.15, 0.2) is 24.3 Å². The molecule has 0 radical (unpaired) electrons. The molecular formula is C17H30N4. The molecule has 1 saturated heterocycles. The highest BCUT2D eigenvalue weighted by Gasteiger charge is 2.23. The fourth-order valence-electron chi connectivity index (χ4n) is 3.01. The SMILES string of the molecule is Cc1cccc(C(CN)N2CCN(CCN(C)C)CC2)c1. The first-order valence-corrected chi connectivity index (χ1v) is 7.98. The molecule has 1 unspecified atom stereocenters. The van der Waals surface area contributed by atoms with Crippen molar-refractivity contribution in [3.8, 4) is 0 Å². The van der Waals surface area contributed by atoms with E-state index in [-0.39, 0.29) is 0 Å². The minimum Gasteiger partial charge on any atom is -0.329 e. The number of rotatable bonds is 6. The normalized spacial score (nSPS) is 19.1. The van der Waals surface area contributed by atoms with Crippen molar-refractivity contribution >= 4 is 0 Å². The predicted molar refractivity (Wildman–Crippen MR) is 89.5 cm³/mol. The maximum atomic E-state index is 6.06. The molecule has 0 aliphatic carbocycles. The molecule has 0 bridgehead atoms. The predicted octanol–water partition coefficient (Wildman–Crippen LogP) is 1.17. The van der Waals surface area contributed by atoms with Crippen molar-refractivity contribution in [1.29, 1.82) is 0 Å². The summed E-state index contributed by atoms with van der Waals surface area (Å²) in [5.41, 5.74) is 8.73. The fraction of sp³-hybridized carbons (Fsp3) is 0.647. The zero-order valence-electron chi connectivity index (χ0n) is 13.8. The Morgan fingerprint density at radius 3 is 2.48 bits per heavy atom. The highest BCUT2D eigenvalue weighted by molar-refractivity contribution is 5.25. The van der Waals surface area contributed by atoms with Gasteiger partial charge < -0.3 is 10.6 Å². The minimum absolute atomic E-state index is 0.362. The van der Waals surface area contributed by atoms with Crippen molar-refractivity contribution < 1.29 is 0 Å². The van der Waals surface area contributed by atoms with Gasteiger partial charge in [-0.3, -0.25) is 9.80 Å². The van der Waals surface area contributed by atoms with E-state index in [9.17, 15) is 0 Å². The zero-order chi connectivity index (χ0) is 15.2. The third-order valence-electron chi connectivity index (χ3n) is 4.36. The van der Waals surface area contributed by atoms with E-state index in [0.29, 0.717) is 12.6 Å². The van der Waals surface area contributed by atoms with Gasteiger partial charge in [0.05, 0.1) is 0 Å². The largest absolute Gasteiger partial charge is 0.329 e. The van der Waals surface area contributed by atoms with Crippen LogP contribution in [-0.4, -0.2) is 74.6 Å². The van der Waals surface area contributed by atoms with Crippen molar-refractivity contribution in [3.05, 3.63) is 35.4 Å². The molecule has 2 rings (SSSR count). The lowest BCUT2D eigenvalue weighted by molar-refractivity contribution is 0.0940. The quantitative estimate of drug-likeness (QED) is 0.853.